The quantitative estimate of drug-likeness (QED) is 0.380. The van der Waals surface area contributed by atoms with Crippen molar-refractivity contribution in [3.63, 3.8) is 0 Å². The van der Waals surface area contributed by atoms with Gasteiger partial charge in [-0.2, -0.15) is 0 Å². The number of nitrogens with zero attached hydrogens (tertiary/aromatic N) is 1. The van der Waals surface area contributed by atoms with E-state index in [1.807, 2.05) is 12.1 Å². The van der Waals surface area contributed by atoms with Gasteiger partial charge in [-0.05, 0) is 60.6 Å². The van der Waals surface area contributed by atoms with Crippen LogP contribution in [0.2, 0.25) is 0 Å². The van der Waals surface area contributed by atoms with Crippen LogP contribution < -0.4 is 15.3 Å². The van der Waals surface area contributed by atoms with Crippen molar-refractivity contribution in [1.82, 2.24) is 9.88 Å². The highest BCUT2D eigenvalue weighted by atomic mass is 32.2. The van der Waals surface area contributed by atoms with Crippen LogP contribution in [0.5, 0.6) is 0 Å². The first-order valence-electron chi connectivity index (χ1n) is 12.3. The molecule has 2 bridgehead atoms. The number of furan rings is 1. The summed E-state index contributed by atoms with van der Waals surface area (Å²) in [5.41, 5.74) is 0.315. The molecule has 1 saturated heterocycles. The summed E-state index contributed by atoms with van der Waals surface area (Å²) >= 11 is 2.75. The van der Waals surface area contributed by atoms with Crippen molar-refractivity contribution >= 4 is 56.5 Å². The van der Waals surface area contributed by atoms with Crippen molar-refractivity contribution in [3.8, 4) is 0 Å². The van der Waals surface area contributed by atoms with Crippen molar-refractivity contribution in [1.29, 1.82) is 0 Å². The van der Waals surface area contributed by atoms with Gasteiger partial charge in [0, 0.05) is 10.9 Å². The highest BCUT2D eigenvalue weighted by molar-refractivity contribution is 8.00. The number of fused-ring (bicyclic) bond motifs is 9. The Balaban J connectivity index is 1.13. The van der Waals surface area contributed by atoms with E-state index >= 15 is 0 Å². The molecule has 4 N–H and O–H groups in total. The number of anilines is 1. The SMILES string of the molecule is NS(=O)(=O)c1ccc(NC(=O)CN2C(=O)C3C4CC(C3C2=O)C2C4Sc3[nH]c(=O)sc3[C@@H]2c2ccco2)cc1. The van der Waals surface area contributed by atoms with Gasteiger partial charge in [-0.15, -0.1) is 11.8 Å². The number of rotatable bonds is 5. The number of amides is 3. The number of likely N-dealkylation sites (tertiary alicyclic amines) is 1. The zero-order valence-corrected chi connectivity index (χ0v) is 22.6. The largest absolute Gasteiger partial charge is 0.469 e. The minimum Gasteiger partial charge on any atom is -0.469 e. The lowest BCUT2D eigenvalue weighted by Gasteiger charge is -2.42. The van der Waals surface area contributed by atoms with Crippen LogP contribution in [-0.2, 0) is 24.4 Å². The molecule has 202 valence electrons. The summed E-state index contributed by atoms with van der Waals surface area (Å²) in [6, 6.07) is 9.01. The van der Waals surface area contributed by atoms with Gasteiger partial charge >= 0.3 is 4.87 Å². The molecule has 4 heterocycles. The molecule has 11 nitrogen and oxygen atoms in total. The second-order valence-corrected chi connectivity index (χ2v) is 14.1. The number of H-pyrrole nitrogens is 1. The number of aromatic amines is 1. The molecule has 2 saturated carbocycles. The lowest BCUT2D eigenvalue weighted by molar-refractivity contribution is -0.143. The Morgan fingerprint density at radius 3 is 2.49 bits per heavy atom. The number of imide groups is 1. The van der Waals surface area contributed by atoms with Crippen LogP contribution in [0, 0.1) is 29.6 Å². The summed E-state index contributed by atoms with van der Waals surface area (Å²) in [4.78, 5) is 56.8. The fourth-order valence-electron chi connectivity index (χ4n) is 7.09. The smallest absolute Gasteiger partial charge is 0.305 e. The molecule has 0 spiro atoms. The summed E-state index contributed by atoms with van der Waals surface area (Å²) in [7, 11) is -3.87. The van der Waals surface area contributed by atoms with E-state index in [4.69, 9.17) is 9.56 Å². The van der Waals surface area contributed by atoms with Gasteiger partial charge < -0.3 is 14.7 Å². The van der Waals surface area contributed by atoms with E-state index in [9.17, 15) is 27.6 Å². The predicted molar refractivity (Wildman–Crippen MR) is 140 cm³/mol. The number of thioether (sulfide) groups is 1. The normalized spacial score (nSPS) is 30.8. The second-order valence-electron chi connectivity index (χ2n) is 10.4. The third-order valence-electron chi connectivity index (χ3n) is 8.43. The number of benzene rings is 1. The van der Waals surface area contributed by atoms with Crippen LogP contribution >= 0.6 is 23.1 Å². The van der Waals surface area contributed by atoms with Crippen LogP contribution in [0.3, 0.4) is 0 Å². The van der Waals surface area contributed by atoms with Gasteiger partial charge in [0.25, 0.3) is 0 Å². The minimum absolute atomic E-state index is 0.0224. The topological polar surface area (TPSA) is 173 Å². The van der Waals surface area contributed by atoms with Gasteiger partial charge in [-0.1, -0.05) is 11.3 Å². The number of hydrogen-bond donors (Lipinski definition) is 3. The average Bonchev–Trinajstić information content (AvgIpc) is 3.69. The molecule has 0 radical (unpaired) electrons. The van der Waals surface area contributed by atoms with E-state index in [1.54, 1.807) is 18.0 Å². The Morgan fingerprint density at radius 2 is 1.82 bits per heavy atom. The van der Waals surface area contributed by atoms with Gasteiger partial charge in [-0.3, -0.25) is 24.1 Å². The lowest BCUT2D eigenvalue weighted by Crippen LogP contribution is -2.42. The number of nitrogens with two attached hydrogens (primary N) is 1. The summed E-state index contributed by atoms with van der Waals surface area (Å²) in [5.74, 6) is -1.80. The molecule has 14 heteroatoms. The molecule has 2 aliphatic carbocycles. The van der Waals surface area contributed by atoms with Gasteiger partial charge in [0.1, 0.15) is 12.3 Å². The number of sulfonamides is 1. The Bertz CT molecular complexity index is 1680. The van der Waals surface area contributed by atoms with Crippen molar-refractivity contribution in [2.45, 2.75) is 27.5 Å². The van der Waals surface area contributed by atoms with Crippen molar-refractivity contribution in [2.75, 3.05) is 11.9 Å². The van der Waals surface area contributed by atoms with Gasteiger partial charge in [0.15, 0.2) is 0 Å². The number of thiazole rings is 1. The van der Waals surface area contributed by atoms with Crippen LogP contribution in [-0.4, -0.2) is 47.8 Å². The maximum atomic E-state index is 13.6. The number of hydrogen-bond acceptors (Lipinski definition) is 9. The van der Waals surface area contributed by atoms with E-state index in [0.29, 0.717) is 5.69 Å². The van der Waals surface area contributed by atoms with Crippen LogP contribution in [0.25, 0.3) is 0 Å². The Morgan fingerprint density at radius 1 is 1.10 bits per heavy atom. The van der Waals surface area contributed by atoms with E-state index in [2.05, 4.69) is 10.3 Å². The molecule has 3 fully saturated rings. The molecule has 7 rings (SSSR count). The number of carbonyl (C=O) groups is 3. The third-order valence-corrected chi connectivity index (χ3v) is 12.0. The maximum Gasteiger partial charge on any atom is 0.305 e. The highest BCUT2D eigenvalue weighted by Crippen LogP contribution is 2.68. The summed E-state index contributed by atoms with van der Waals surface area (Å²) < 4.78 is 28.7. The summed E-state index contributed by atoms with van der Waals surface area (Å²) in [6.45, 7) is -0.425. The zero-order valence-electron chi connectivity index (χ0n) is 20.1. The van der Waals surface area contributed by atoms with Crippen molar-refractivity contribution < 1.29 is 27.2 Å². The fraction of sp³-hybridized carbons (Fsp3) is 0.360. The summed E-state index contributed by atoms with van der Waals surface area (Å²) in [6.07, 6.45) is 2.34. The molecular weight excluding hydrogens is 564 g/mol. The van der Waals surface area contributed by atoms with E-state index in [0.717, 1.165) is 38.3 Å². The molecule has 39 heavy (non-hydrogen) atoms. The Kier molecular flexibility index (Phi) is 5.50. The monoisotopic (exact) mass is 586 g/mol. The highest BCUT2D eigenvalue weighted by Gasteiger charge is 2.69. The van der Waals surface area contributed by atoms with Gasteiger partial charge in [0.2, 0.25) is 27.7 Å². The fourth-order valence-corrected chi connectivity index (χ4v) is 10.5. The number of aromatic nitrogens is 1. The first-order chi connectivity index (χ1) is 18.6. The maximum absolute atomic E-state index is 13.6. The van der Waals surface area contributed by atoms with E-state index < -0.39 is 34.3 Å². The first-order valence-corrected chi connectivity index (χ1v) is 15.6. The van der Waals surface area contributed by atoms with Crippen molar-refractivity contribution in [2.24, 2.45) is 34.7 Å². The number of carbonyl (C=O) groups excluding carboxylic acids is 3. The van der Waals surface area contributed by atoms with Gasteiger partial charge in [0.05, 0.1) is 38.8 Å². The molecule has 1 aromatic carbocycles. The standard InChI is InChI=1S/C25H22N4O7S3/c26-39(34,35)11-5-3-10(4-6-11)27-15(30)9-29-23(31)17-12-8-13(18(17)24(29)32)20-16(12)19(14-2-1-7-36-14)21-22(37-20)28-25(33)38-21/h1-7,12-13,16-20H,8-9H2,(H,27,30)(H,28,33)(H2,26,34,35)/t12?,13?,16?,17?,18?,19-,20?/m1/s1. The molecule has 3 amide bonds. The van der Waals surface area contributed by atoms with Crippen molar-refractivity contribution in [3.05, 3.63) is 63.0 Å². The molecule has 3 aromatic rings. The Labute approximate surface area is 230 Å². The second kappa shape index (κ2) is 8.65. The third kappa shape index (κ3) is 3.76. The Hall–Kier alpha value is -3.20. The van der Waals surface area contributed by atoms with Gasteiger partial charge in [-0.25, -0.2) is 13.6 Å². The first kappa shape index (κ1) is 24.8. The molecule has 7 atom stereocenters. The van der Waals surface area contributed by atoms with E-state index in [-0.39, 0.29) is 50.5 Å². The molecule has 4 aliphatic rings. The molecular formula is C25H22N4O7S3. The zero-order chi connectivity index (χ0) is 27.2. The van der Waals surface area contributed by atoms with Crippen LogP contribution in [0.4, 0.5) is 5.69 Å². The van der Waals surface area contributed by atoms with Crippen LogP contribution in [0.1, 0.15) is 23.0 Å². The number of primary sulfonamides is 1. The lowest BCUT2D eigenvalue weighted by atomic mass is 9.69. The molecule has 6 unspecified atom stereocenters. The predicted octanol–water partition coefficient (Wildman–Crippen LogP) is 1.79. The minimum atomic E-state index is -3.87. The van der Waals surface area contributed by atoms with E-state index in [1.165, 1.54) is 24.3 Å². The summed E-state index contributed by atoms with van der Waals surface area (Å²) in [5, 5.41) is 8.56. The molecule has 2 aromatic heterocycles. The average molecular weight is 587 g/mol. The number of nitrogens with one attached hydrogen (secondary N) is 2. The molecule has 2 aliphatic heterocycles. The van der Waals surface area contributed by atoms with Crippen LogP contribution in [0.15, 0.2) is 61.8 Å².